The number of hydrogen-bond donors (Lipinski definition) is 1. The van der Waals surface area contributed by atoms with Crippen LogP contribution in [0.1, 0.15) is 12.5 Å². The Morgan fingerprint density at radius 1 is 1.08 bits per heavy atom. The van der Waals surface area contributed by atoms with Gasteiger partial charge in [-0.05, 0) is 25.1 Å². The van der Waals surface area contributed by atoms with E-state index in [2.05, 4.69) is 30.4 Å². The van der Waals surface area contributed by atoms with Gasteiger partial charge in [0.25, 0.3) is 0 Å². The molecule has 0 bridgehead atoms. The van der Waals surface area contributed by atoms with Gasteiger partial charge in [0.15, 0.2) is 0 Å². The normalized spacial score (nSPS) is 14.5. The van der Waals surface area contributed by atoms with Crippen LogP contribution in [-0.4, -0.2) is 62.5 Å². The van der Waals surface area contributed by atoms with Gasteiger partial charge >= 0.3 is 6.18 Å². The number of anilines is 1. The summed E-state index contributed by atoms with van der Waals surface area (Å²) in [5, 5.41) is 7.30. The fraction of sp³-hybridized carbons (Fsp3) is 0.292. The summed E-state index contributed by atoms with van der Waals surface area (Å²) in [6.45, 7) is 4.92. The van der Waals surface area contributed by atoms with E-state index in [1.165, 1.54) is 6.33 Å². The Bertz CT molecular complexity index is 1560. The standard InChI is InChI=1S/C24H21F3N8OS/c1-2-36-21-20-19(32-23(33-21)34-9-7-28-8-10-34)18-16(24(25,26)27)11-17(31-22(18)37-20)14-3-5-15(6-4-14)35-13-29-12-30-35/h3-6,11-13,28H,2,7-10H2,1H3. The average Bonchev–Trinajstić information content (AvgIpc) is 3.57. The minimum atomic E-state index is -4.61. The van der Waals surface area contributed by atoms with Crippen LogP contribution in [0.25, 0.3) is 37.4 Å². The minimum Gasteiger partial charge on any atom is -0.477 e. The van der Waals surface area contributed by atoms with E-state index in [-0.39, 0.29) is 27.3 Å². The first-order chi connectivity index (χ1) is 17.9. The van der Waals surface area contributed by atoms with Crippen LogP contribution < -0.4 is 15.0 Å². The number of fused-ring (bicyclic) bond motifs is 3. The van der Waals surface area contributed by atoms with Crippen molar-refractivity contribution in [2.75, 3.05) is 37.7 Å². The monoisotopic (exact) mass is 526 g/mol. The fourth-order valence-electron chi connectivity index (χ4n) is 4.34. The van der Waals surface area contributed by atoms with Crippen LogP contribution in [0.4, 0.5) is 19.1 Å². The Morgan fingerprint density at radius 2 is 1.86 bits per heavy atom. The van der Waals surface area contributed by atoms with Crippen LogP contribution in [0.5, 0.6) is 5.88 Å². The number of nitrogens with one attached hydrogen (secondary N) is 1. The molecule has 0 aliphatic carbocycles. The summed E-state index contributed by atoms with van der Waals surface area (Å²) < 4.78 is 51.1. The molecule has 0 amide bonds. The van der Waals surface area contributed by atoms with Crippen molar-refractivity contribution in [1.82, 2.24) is 35.0 Å². The van der Waals surface area contributed by atoms with Crippen molar-refractivity contribution in [1.29, 1.82) is 0 Å². The summed E-state index contributed by atoms with van der Waals surface area (Å²) in [4.78, 5) is 19.9. The van der Waals surface area contributed by atoms with Crippen LogP contribution in [0.2, 0.25) is 0 Å². The van der Waals surface area contributed by atoms with E-state index in [4.69, 9.17) is 4.74 Å². The predicted octanol–water partition coefficient (Wildman–Crippen LogP) is 4.31. The van der Waals surface area contributed by atoms with Crippen molar-refractivity contribution in [3.8, 4) is 22.8 Å². The number of nitrogens with zero attached hydrogens (tertiary/aromatic N) is 7. The number of ether oxygens (including phenoxy) is 1. The van der Waals surface area contributed by atoms with Crippen molar-refractivity contribution in [3.63, 3.8) is 0 Å². The Kier molecular flexibility index (Phi) is 5.88. The van der Waals surface area contributed by atoms with E-state index < -0.39 is 11.7 Å². The van der Waals surface area contributed by atoms with Crippen LogP contribution in [0.3, 0.4) is 0 Å². The molecular weight excluding hydrogens is 505 g/mol. The molecule has 0 atom stereocenters. The summed E-state index contributed by atoms with van der Waals surface area (Å²) in [6.07, 6.45) is -1.66. The second-order valence-electron chi connectivity index (χ2n) is 8.40. The molecule has 5 heterocycles. The summed E-state index contributed by atoms with van der Waals surface area (Å²) in [7, 11) is 0. The maximum atomic E-state index is 14.4. The van der Waals surface area contributed by atoms with Crippen LogP contribution in [-0.2, 0) is 6.18 Å². The first-order valence-corrected chi connectivity index (χ1v) is 12.5. The molecule has 1 aliphatic rings. The van der Waals surface area contributed by atoms with Gasteiger partial charge < -0.3 is 15.0 Å². The molecule has 1 N–H and O–H groups in total. The molecule has 5 aromatic rings. The van der Waals surface area contributed by atoms with Gasteiger partial charge in [0, 0.05) is 31.7 Å². The molecule has 1 aromatic carbocycles. The van der Waals surface area contributed by atoms with E-state index >= 15 is 0 Å². The highest BCUT2D eigenvalue weighted by Crippen LogP contribution is 2.45. The van der Waals surface area contributed by atoms with Gasteiger partial charge in [0.2, 0.25) is 11.8 Å². The summed E-state index contributed by atoms with van der Waals surface area (Å²) >= 11 is 1.11. The van der Waals surface area contributed by atoms with Gasteiger partial charge in [-0.2, -0.15) is 23.3 Å². The lowest BCUT2D eigenvalue weighted by molar-refractivity contribution is -0.136. The van der Waals surface area contributed by atoms with Crippen molar-refractivity contribution >= 4 is 37.7 Å². The van der Waals surface area contributed by atoms with E-state index in [0.29, 0.717) is 35.9 Å². The van der Waals surface area contributed by atoms with Gasteiger partial charge in [-0.1, -0.05) is 12.1 Å². The Hall–Kier alpha value is -3.84. The van der Waals surface area contributed by atoms with Crippen molar-refractivity contribution in [3.05, 3.63) is 48.5 Å². The molecule has 4 aromatic heterocycles. The zero-order chi connectivity index (χ0) is 25.6. The van der Waals surface area contributed by atoms with Gasteiger partial charge in [0.1, 0.15) is 27.7 Å². The molecule has 37 heavy (non-hydrogen) atoms. The minimum absolute atomic E-state index is 0.0322. The molecular formula is C24H21F3N8OS. The number of aromatic nitrogens is 6. The smallest absolute Gasteiger partial charge is 0.417 e. The van der Waals surface area contributed by atoms with E-state index in [9.17, 15) is 13.2 Å². The molecule has 9 nitrogen and oxygen atoms in total. The molecule has 190 valence electrons. The van der Waals surface area contributed by atoms with Gasteiger partial charge in [-0.15, -0.1) is 11.3 Å². The SMILES string of the molecule is CCOc1nc(N2CCNCC2)nc2c1sc1nc(-c3ccc(-n4cncn4)cc3)cc(C(F)(F)F)c12. The number of thiophene rings is 1. The highest BCUT2D eigenvalue weighted by atomic mass is 32.1. The van der Waals surface area contributed by atoms with Gasteiger partial charge in [0.05, 0.1) is 28.9 Å². The first-order valence-electron chi connectivity index (χ1n) is 11.7. The maximum Gasteiger partial charge on any atom is 0.417 e. The predicted molar refractivity (Wildman–Crippen MR) is 134 cm³/mol. The Labute approximate surface area is 213 Å². The van der Waals surface area contributed by atoms with Crippen molar-refractivity contribution < 1.29 is 17.9 Å². The van der Waals surface area contributed by atoms with E-state index in [1.54, 1.807) is 35.3 Å². The second kappa shape index (κ2) is 9.23. The number of pyridine rings is 1. The number of benzene rings is 1. The maximum absolute atomic E-state index is 14.4. The van der Waals surface area contributed by atoms with Crippen LogP contribution in [0.15, 0.2) is 43.0 Å². The summed E-state index contributed by atoms with van der Waals surface area (Å²) in [5.41, 5.74) is 0.916. The lowest BCUT2D eigenvalue weighted by Crippen LogP contribution is -2.44. The highest BCUT2D eigenvalue weighted by Gasteiger charge is 2.36. The molecule has 13 heteroatoms. The third-order valence-corrected chi connectivity index (χ3v) is 7.14. The van der Waals surface area contributed by atoms with Gasteiger partial charge in [-0.25, -0.2) is 19.6 Å². The molecule has 1 fully saturated rings. The van der Waals surface area contributed by atoms with Gasteiger partial charge in [-0.3, -0.25) is 0 Å². The lowest BCUT2D eigenvalue weighted by atomic mass is 10.1. The fourth-order valence-corrected chi connectivity index (χ4v) is 5.42. The summed E-state index contributed by atoms with van der Waals surface area (Å²) in [6, 6.07) is 8.03. The summed E-state index contributed by atoms with van der Waals surface area (Å²) in [5.74, 6) is 0.633. The number of hydrogen-bond acceptors (Lipinski definition) is 9. The number of rotatable bonds is 5. The van der Waals surface area contributed by atoms with E-state index in [0.717, 1.165) is 36.2 Å². The first kappa shape index (κ1) is 23.6. The molecule has 1 saturated heterocycles. The number of halogens is 3. The molecule has 0 spiro atoms. The molecule has 1 aliphatic heterocycles. The average molecular weight is 527 g/mol. The molecule has 0 radical (unpaired) electrons. The molecule has 0 unspecified atom stereocenters. The van der Waals surface area contributed by atoms with Crippen molar-refractivity contribution in [2.24, 2.45) is 0 Å². The quantitative estimate of drug-likeness (QED) is 0.362. The molecule has 0 saturated carbocycles. The Balaban J connectivity index is 1.54. The lowest BCUT2D eigenvalue weighted by Gasteiger charge is -2.27. The third kappa shape index (κ3) is 4.33. The third-order valence-electron chi connectivity index (χ3n) is 6.08. The topological polar surface area (TPSA) is 93.9 Å². The zero-order valence-electron chi connectivity index (χ0n) is 19.7. The highest BCUT2D eigenvalue weighted by molar-refractivity contribution is 7.25. The van der Waals surface area contributed by atoms with Crippen molar-refractivity contribution in [2.45, 2.75) is 13.1 Å². The second-order valence-corrected chi connectivity index (χ2v) is 9.40. The van der Waals surface area contributed by atoms with Crippen LogP contribution in [0, 0.1) is 0 Å². The number of alkyl halides is 3. The largest absolute Gasteiger partial charge is 0.477 e. The molecule has 6 rings (SSSR count). The zero-order valence-corrected chi connectivity index (χ0v) is 20.5. The van der Waals surface area contributed by atoms with E-state index in [1.807, 2.05) is 11.8 Å². The number of piperazine rings is 1. The Morgan fingerprint density at radius 3 is 2.54 bits per heavy atom. The van der Waals surface area contributed by atoms with Crippen LogP contribution >= 0.6 is 11.3 Å².